The van der Waals surface area contributed by atoms with Gasteiger partial charge in [-0.05, 0) is 25.5 Å². The van der Waals surface area contributed by atoms with Crippen LogP contribution >= 0.6 is 0 Å². The van der Waals surface area contributed by atoms with E-state index in [0.29, 0.717) is 12.4 Å². The second-order valence-electron chi connectivity index (χ2n) is 4.73. The van der Waals surface area contributed by atoms with Crippen molar-refractivity contribution in [3.63, 3.8) is 0 Å². The maximum absolute atomic E-state index is 11.8. The third-order valence-electron chi connectivity index (χ3n) is 3.08. The molecule has 0 aliphatic heterocycles. The zero-order chi connectivity index (χ0) is 14.5. The Bertz CT molecular complexity index is 624. The Morgan fingerprint density at radius 3 is 2.75 bits per heavy atom. The number of benzene rings is 1. The number of hydrogen-bond acceptors (Lipinski definition) is 4. The number of esters is 1. The SMILES string of the molecule is CCOC(=O)CCC(=O)Cc1cc2cccc(C)c2o1. The van der Waals surface area contributed by atoms with Gasteiger partial charge in [0.25, 0.3) is 0 Å². The van der Waals surface area contributed by atoms with E-state index in [-0.39, 0.29) is 31.0 Å². The summed E-state index contributed by atoms with van der Waals surface area (Å²) in [6.07, 6.45) is 0.536. The fraction of sp³-hybridized carbons (Fsp3) is 0.375. The van der Waals surface area contributed by atoms with Crippen molar-refractivity contribution in [1.82, 2.24) is 0 Å². The van der Waals surface area contributed by atoms with E-state index < -0.39 is 0 Å². The highest BCUT2D eigenvalue weighted by molar-refractivity contribution is 5.86. The number of ketones is 1. The van der Waals surface area contributed by atoms with Crippen molar-refractivity contribution in [2.24, 2.45) is 0 Å². The normalized spacial score (nSPS) is 10.7. The minimum Gasteiger partial charge on any atom is -0.466 e. The quantitative estimate of drug-likeness (QED) is 0.759. The zero-order valence-corrected chi connectivity index (χ0v) is 11.8. The van der Waals surface area contributed by atoms with Crippen LogP contribution < -0.4 is 0 Å². The predicted molar refractivity (Wildman–Crippen MR) is 75.5 cm³/mol. The van der Waals surface area contributed by atoms with E-state index >= 15 is 0 Å². The molecular weight excluding hydrogens is 256 g/mol. The van der Waals surface area contributed by atoms with E-state index in [2.05, 4.69) is 0 Å². The number of para-hydroxylation sites is 1. The minimum atomic E-state index is -0.332. The van der Waals surface area contributed by atoms with E-state index in [9.17, 15) is 9.59 Å². The summed E-state index contributed by atoms with van der Waals surface area (Å²) in [6.45, 7) is 4.06. The molecular formula is C16H18O4. The lowest BCUT2D eigenvalue weighted by molar-refractivity contribution is -0.144. The number of ether oxygens (including phenoxy) is 1. The van der Waals surface area contributed by atoms with Crippen LogP contribution in [0.4, 0.5) is 0 Å². The number of carbonyl (C=O) groups excluding carboxylic acids is 2. The van der Waals surface area contributed by atoms with Gasteiger partial charge in [-0.3, -0.25) is 9.59 Å². The smallest absolute Gasteiger partial charge is 0.306 e. The van der Waals surface area contributed by atoms with Gasteiger partial charge in [-0.25, -0.2) is 0 Å². The molecule has 0 fully saturated rings. The summed E-state index contributed by atoms with van der Waals surface area (Å²) in [7, 11) is 0. The molecule has 0 saturated carbocycles. The fourth-order valence-corrected chi connectivity index (χ4v) is 2.11. The van der Waals surface area contributed by atoms with Gasteiger partial charge in [-0.2, -0.15) is 0 Å². The molecule has 0 unspecified atom stereocenters. The molecule has 2 aromatic rings. The molecule has 0 radical (unpaired) electrons. The second-order valence-corrected chi connectivity index (χ2v) is 4.73. The van der Waals surface area contributed by atoms with Crippen molar-refractivity contribution in [3.8, 4) is 0 Å². The molecule has 0 aliphatic carbocycles. The molecule has 1 aromatic heterocycles. The topological polar surface area (TPSA) is 56.5 Å². The van der Waals surface area contributed by atoms with E-state index in [0.717, 1.165) is 16.5 Å². The molecule has 1 aromatic carbocycles. The van der Waals surface area contributed by atoms with Gasteiger partial charge in [0, 0.05) is 11.8 Å². The van der Waals surface area contributed by atoms with Crippen molar-refractivity contribution in [2.75, 3.05) is 6.61 Å². The first-order valence-corrected chi connectivity index (χ1v) is 6.75. The molecule has 0 N–H and O–H groups in total. The minimum absolute atomic E-state index is 0.0187. The summed E-state index contributed by atoms with van der Waals surface area (Å²) in [6, 6.07) is 7.76. The molecule has 1 heterocycles. The van der Waals surface area contributed by atoms with Crippen LogP contribution in [0.25, 0.3) is 11.0 Å². The first-order chi connectivity index (χ1) is 9.60. The van der Waals surface area contributed by atoms with E-state index in [1.807, 2.05) is 31.2 Å². The molecule has 0 atom stereocenters. The molecule has 4 nitrogen and oxygen atoms in total. The molecule has 0 amide bonds. The van der Waals surface area contributed by atoms with E-state index in [1.54, 1.807) is 6.92 Å². The maximum Gasteiger partial charge on any atom is 0.306 e. The van der Waals surface area contributed by atoms with E-state index in [1.165, 1.54) is 0 Å². The number of Topliss-reactive ketones (excluding diaryl/α,β-unsaturated/α-hetero) is 1. The summed E-state index contributed by atoms with van der Waals surface area (Å²) in [5.41, 5.74) is 1.87. The second kappa shape index (κ2) is 6.37. The maximum atomic E-state index is 11.8. The van der Waals surface area contributed by atoms with Crippen molar-refractivity contribution in [2.45, 2.75) is 33.1 Å². The molecule has 20 heavy (non-hydrogen) atoms. The summed E-state index contributed by atoms with van der Waals surface area (Å²) >= 11 is 0. The number of hydrogen-bond donors (Lipinski definition) is 0. The van der Waals surface area contributed by atoms with Gasteiger partial charge < -0.3 is 9.15 Å². The Morgan fingerprint density at radius 2 is 2.05 bits per heavy atom. The fourth-order valence-electron chi connectivity index (χ4n) is 2.11. The summed E-state index contributed by atoms with van der Waals surface area (Å²) < 4.78 is 10.5. The number of fused-ring (bicyclic) bond motifs is 1. The van der Waals surface area contributed by atoms with Gasteiger partial charge in [0.05, 0.1) is 19.4 Å². The highest BCUT2D eigenvalue weighted by atomic mass is 16.5. The first kappa shape index (κ1) is 14.3. The van der Waals surface area contributed by atoms with Gasteiger partial charge in [-0.15, -0.1) is 0 Å². The van der Waals surface area contributed by atoms with Crippen LogP contribution in [-0.4, -0.2) is 18.4 Å². The Balaban J connectivity index is 1.96. The van der Waals surface area contributed by atoms with Crippen LogP contribution in [0.1, 0.15) is 31.1 Å². The van der Waals surface area contributed by atoms with Crippen molar-refractivity contribution in [3.05, 3.63) is 35.6 Å². The molecule has 0 spiro atoms. The third kappa shape index (κ3) is 3.47. The summed E-state index contributed by atoms with van der Waals surface area (Å²) in [5, 5.41) is 0.998. The van der Waals surface area contributed by atoms with Crippen molar-refractivity contribution < 1.29 is 18.7 Å². The largest absolute Gasteiger partial charge is 0.466 e. The Hall–Kier alpha value is -2.10. The van der Waals surface area contributed by atoms with Crippen LogP contribution in [-0.2, 0) is 20.7 Å². The van der Waals surface area contributed by atoms with Crippen LogP contribution in [0, 0.1) is 6.92 Å². The molecule has 0 aliphatic rings. The lowest BCUT2D eigenvalue weighted by Crippen LogP contribution is -2.09. The highest BCUT2D eigenvalue weighted by Crippen LogP contribution is 2.23. The average Bonchev–Trinajstić information content (AvgIpc) is 2.81. The molecule has 0 saturated heterocycles. The van der Waals surface area contributed by atoms with E-state index in [4.69, 9.17) is 9.15 Å². The lowest BCUT2D eigenvalue weighted by Gasteiger charge is -2.00. The Kier molecular flexibility index (Phi) is 4.56. The number of carbonyl (C=O) groups is 2. The Labute approximate surface area is 117 Å². The molecule has 106 valence electrons. The molecule has 2 rings (SSSR count). The average molecular weight is 274 g/mol. The zero-order valence-electron chi connectivity index (χ0n) is 11.8. The molecule has 4 heteroatoms. The number of furan rings is 1. The third-order valence-corrected chi connectivity index (χ3v) is 3.08. The number of aryl methyl sites for hydroxylation is 1. The monoisotopic (exact) mass is 274 g/mol. The van der Waals surface area contributed by atoms with Gasteiger partial charge >= 0.3 is 5.97 Å². The van der Waals surface area contributed by atoms with Gasteiger partial charge in [0.15, 0.2) is 0 Å². The van der Waals surface area contributed by atoms with Crippen LogP contribution in [0.2, 0.25) is 0 Å². The Morgan fingerprint density at radius 1 is 1.25 bits per heavy atom. The standard InChI is InChI=1S/C16H18O4/c1-3-19-15(18)8-7-13(17)10-14-9-12-6-4-5-11(2)16(12)20-14/h4-6,9H,3,7-8,10H2,1-2H3. The number of rotatable bonds is 6. The van der Waals surface area contributed by atoms with Crippen LogP contribution in [0.5, 0.6) is 0 Å². The first-order valence-electron chi connectivity index (χ1n) is 6.75. The predicted octanol–water partition coefficient (Wildman–Crippen LogP) is 3.20. The summed E-state index contributed by atoms with van der Waals surface area (Å²) in [4.78, 5) is 23.0. The van der Waals surface area contributed by atoms with Crippen molar-refractivity contribution in [1.29, 1.82) is 0 Å². The van der Waals surface area contributed by atoms with Gasteiger partial charge in [-0.1, -0.05) is 18.2 Å². The lowest BCUT2D eigenvalue weighted by atomic mass is 10.1. The highest BCUT2D eigenvalue weighted by Gasteiger charge is 2.12. The van der Waals surface area contributed by atoms with Gasteiger partial charge in [0.1, 0.15) is 17.1 Å². The van der Waals surface area contributed by atoms with Gasteiger partial charge in [0.2, 0.25) is 0 Å². The van der Waals surface area contributed by atoms with Crippen LogP contribution in [0.3, 0.4) is 0 Å². The molecule has 0 bridgehead atoms. The van der Waals surface area contributed by atoms with Crippen LogP contribution in [0.15, 0.2) is 28.7 Å². The summed E-state index contributed by atoms with van der Waals surface area (Å²) in [5.74, 6) is 0.291. The van der Waals surface area contributed by atoms with Crippen molar-refractivity contribution >= 4 is 22.7 Å².